The highest BCUT2D eigenvalue weighted by Gasteiger charge is 2.13. The van der Waals surface area contributed by atoms with Crippen LogP contribution in [-0.2, 0) is 0 Å². The summed E-state index contributed by atoms with van der Waals surface area (Å²) >= 11 is 13.3. The minimum absolute atomic E-state index is 0. The van der Waals surface area contributed by atoms with Crippen molar-refractivity contribution in [3.63, 3.8) is 0 Å². The molecule has 1 amide bonds. The fourth-order valence-electron chi connectivity index (χ4n) is 1.58. The van der Waals surface area contributed by atoms with E-state index in [2.05, 4.69) is 10.3 Å². The molecule has 1 heterocycles. The van der Waals surface area contributed by atoms with E-state index >= 15 is 0 Å². The van der Waals surface area contributed by atoms with Gasteiger partial charge in [-0.3, -0.25) is 4.79 Å². The highest BCUT2D eigenvalue weighted by molar-refractivity contribution is 7.13. The summed E-state index contributed by atoms with van der Waals surface area (Å²) in [7, 11) is 0. The van der Waals surface area contributed by atoms with E-state index in [9.17, 15) is 4.79 Å². The van der Waals surface area contributed by atoms with Crippen LogP contribution in [0.3, 0.4) is 0 Å². The van der Waals surface area contributed by atoms with E-state index in [4.69, 9.17) is 28.9 Å². The number of halogens is 3. The SMILES string of the molecule is CC(CN)CNC(=O)c1csc(-c2ccc(Cl)c(Cl)c2)n1.Cl. The highest BCUT2D eigenvalue weighted by atomic mass is 35.5. The van der Waals surface area contributed by atoms with Crippen molar-refractivity contribution in [2.45, 2.75) is 6.92 Å². The van der Waals surface area contributed by atoms with Gasteiger partial charge in [0, 0.05) is 17.5 Å². The fourth-order valence-corrected chi connectivity index (χ4v) is 2.68. The number of carbonyl (C=O) groups excluding carboxylic acids is 1. The predicted molar refractivity (Wildman–Crippen MR) is 95.4 cm³/mol. The van der Waals surface area contributed by atoms with Gasteiger partial charge >= 0.3 is 0 Å². The number of rotatable bonds is 5. The van der Waals surface area contributed by atoms with Gasteiger partial charge in [-0.2, -0.15) is 0 Å². The Morgan fingerprint density at radius 2 is 2.14 bits per heavy atom. The number of hydrogen-bond donors (Lipinski definition) is 2. The molecular weight excluding hydrogens is 365 g/mol. The van der Waals surface area contributed by atoms with Crippen molar-refractivity contribution in [2.75, 3.05) is 13.1 Å². The maximum absolute atomic E-state index is 12.0. The summed E-state index contributed by atoms with van der Waals surface area (Å²) in [6.45, 7) is 3.04. The average molecular weight is 381 g/mol. The molecule has 0 bridgehead atoms. The molecule has 4 nitrogen and oxygen atoms in total. The van der Waals surface area contributed by atoms with E-state index in [1.54, 1.807) is 17.5 Å². The molecule has 0 spiro atoms. The van der Waals surface area contributed by atoms with Crippen LogP contribution in [0.2, 0.25) is 10.0 Å². The Morgan fingerprint density at radius 3 is 2.77 bits per heavy atom. The largest absolute Gasteiger partial charge is 0.350 e. The summed E-state index contributed by atoms with van der Waals surface area (Å²) in [6.07, 6.45) is 0. The van der Waals surface area contributed by atoms with E-state index in [0.29, 0.717) is 28.8 Å². The van der Waals surface area contributed by atoms with Gasteiger partial charge in [0.2, 0.25) is 0 Å². The van der Waals surface area contributed by atoms with Crippen LogP contribution in [-0.4, -0.2) is 24.0 Å². The van der Waals surface area contributed by atoms with Gasteiger partial charge < -0.3 is 11.1 Å². The molecule has 0 aliphatic rings. The highest BCUT2D eigenvalue weighted by Crippen LogP contribution is 2.30. The lowest BCUT2D eigenvalue weighted by molar-refractivity contribution is 0.0944. The van der Waals surface area contributed by atoms with Gasteiger partial charge in [-0.1, -0.05) is 36.2 Å². The first-order valence-electron chi connectivity index (χ1n) is 6.40. The molecule has 3 N–H and O–H groups in total. The number of nitrogens with one attached hydrogen (secondary N) is 1. The Hall–Kier alpha value is -0.850. The summed E-state index contributed by atoms with van der Waals surface area (Å²) in [5, 5.41) is 6.22. The van der Waals surface area contributed by atoms with Gasteiger partial charge in [0.25, 0.3) is 5.91 Å². The van der Waals surface area contributed by atoms with Crippen LogP contribution >= 0.6 is 46.9 Å². The first-order valence-corrected chi connectivity index (χ1v) is 8.04. The van der Waals surface area contributed by atoms with Crippen molar-refractivity contribution in [3.8, 4) is 10.6 Å². The van der Waals surface area contributed by atoms with Crippen molar-refractivity contribution in [1.29, 1.82) is 0 Å². The van der Waals surface area contributed by atoms with Gasteiger partial charge in [0.15, 0.2) is 0 Å². The standard InChI is InChI=1S/C14H15Cl2N3OS.ClH/c1-8(5-17)6-18-13(20)12-7-21-14(19-12)9-2-3-10(15)11(16)4-9;/h2-4,7-8H,5-6,17H2,1H3,(H,18,20);1H. The van der Waals surface area contributed by atoms with Crippen molar-refractivity contribution in [1.82, 2.24) is 10.3 Å². The molecule has 0 aliphatic heterocycles. The minimum Gasteiger partial charge on any atom is -0.350 e. The van der Waals surface area contributed by atoms with Crippen LogP contribution in [0, 0.1) is 5.92 Å². The molecule has 1 aromatic carbocycles. The lowest BCUT2D eigenvalue weighted by Gasteiger charge is -2.08. The molecule has 1 unspecified atom stereocenters. The van der Waals surface area contributed by atoms with Crippen LogP contribution < -0.4 is 11.1 Å². The van der Waals surface area contributed by atoms with Crippen molar-refractivity contribution in [3.05, 3.63) is 39.3 Å². The molecule has 0 fully saturated rings. The molecule has 1 atom stereocenters. The topological polar surface area (TPSA) is 68.0 Å². The zero-order valence-electron chi connectivity index (χ0n) is 11.8. The quantitative estimate of drug-likeness (QED) is 0.827. The number of hydrogen-bond acceptors (Lipinski definition) is 4. The molecule has 0 saturated carbocycles. The number of thiazole rings is 1. The number of nitrogens with two attached hydrogens (primary N) is 1. The molecule has 0 saturated heterocycles. The zero-order chi connectivity index (χ0) is 15.4. The number of carbonyl (C=O) groups is 1. The summed E-state index contributed by atoms with van der Waals surface area (Å²) < 4.78 is 0. The lowest BCUT2D eigenvalue weighted by atomic mass is 10.2. The molecule has 8 heteroatoms. The van der Waals surface area contributed by atoms with E-state index in [-0.39, 0.29) is 24.2 Å². The number of amides is 1. The summed E-state index contributed by atoms with van der Waals surface area (Å²) in [5.74, 6) is 0.0417. The Kier molecular flexibility index (Phi) is 7.59. The van der Waals surface area contributed by atoms with E-state index in [0.717, 1.165) is 10.6 Å². The van der Waals surface area contributed by atoms with Crippen molar-refractivity contribution >= 4 is 52.9 Å². The molecular formula is C14H16Cl3N3OS. The normalized spacial score (nSPS) is 11.6. The van der Waals surface area contributed by atoms with Gasteiger partial charge in [0.05, 0.1) is 10.0 Å². The van der Waals surface area contributed by atoms with Crippen LogP contribution in [0.5, 0.6) is 0 Å². The van der Waals surface area contributed by atoms with Gasteiger partial charge in [-0.05, 0) is 24.6 Å². The third-order valence-corrected chi connectivity index (χ3v) is 4.55. The summed E-state index contributed by atoms with van der Waals surface area (Å²) in [5.41, 5.74) is 6.75. The van der Waals surface area contributed by atoms with Crippen LogP contribution in [0.25, 0.3) is 10.6 Å². The van der Waals surface area contributed by atoms with Gasteiger partial charge in [-0.15, -0.1) is 23.7 Å². The Labute approximate surface area is 149 Å². The first kappa shape index (κ1) is 19.2. The second-order valence-electron chi connectivity index (χ2n) is 4.72. The number of benzene rings is 1. The first-order chi connectivity index (χ1) is 10.0. The summed E-state index contributed by atoms with van der Waals surface area (Å²) in [6, 6.07) is 5.27. The van der Waals surface area contributed by atoms with Gasteiger partial charge in [0.1, 0.15) is 10.7 Å². The van der Waals surface area contributed by atoms with Crippen molar-refractivity contribution in [2.24, 2.45) is 11.7 Å². The lowest BCUT2D eigenvalue weighted by Crippen LogP contribution is -2.31. The second-order valence-corrected chi connectivity index (χ2v) is 6.39. The monoisotopic (exact) mass is 379 g/mol. The maximum Gasteiger partial charge on any atom is 0.270 e. The average Bonchev–Trinajstić information content (AvgIpc) is 2.97. The molecule has 0 aliphatic carbocycles. The molecule has 2 rings (SSSR count). The van der Waals surface area contributed by atoms with E-state index < -0.39 is 0 Å². The molecule has 22 heavy (non-hydrogen) atoms. The van der Waals surface area contributed by atoms with Crippen LogP contribution in [0.15, 0.2) is 23.6 Å². The third-order valence-electron chi connectivity index (χ3n) is 2.92. The Morgan fingerprint density at radius 1 is 1.41 bits per heavy atom. The molecule has 0 radical (unpaired) electrons. The maximum atomic E-state index is 12.0. The Balaban J connectivity index is 0.00000242. The van der Waals surface area contributed by atoms with Crippen LogP contribution in [0.4, 0.5) is 0 Å². The van der Waals surface area contributed by atoms with E-state index in [1.807, 2.05) is 13.0 Å². The smallest absolute Gasteiger partial charge is 0.270 e. The van der Waals surface area contributed by atoms with Crippen LogP contribution in [0.1, 0.15) is 17.4 Å². The van der Waals surface area contributed by atoms with Gasteiger partial charge in [-0.25, -0.2) is 4.98 Å². The number of aromatic nitrogens is 1. The third kappa shape index (κ3) is 4.83. The van der Waals surface area contributed by atoms with E-state index in [1.165, 1.54) is 11.3 Å². The molecule has 1 aromatic heterocycles. The summed E-state index contributed by atoms with van der Waals surface area (Å²) in [4.78, 5) is 16.3. The number of nitrogens with zero attached hydrogens (tertiary/aromatic N) is 1. The Bertz CT molecular complexity index is 648. The molecule has 120 valence electrons. The fraction of sp³-hybridized carbons (Fsp3) is 0.286. The zero-order valence-corrected chi connectivity index (χ0v) is 15.0. The predicted octanol–water partition coefficient (Wildman–Crippen LogP) is 3.86. The molecule has 2 aromatic rings. The second kappa shape index (κ2) is 8.70. The minimum atomic E-state index is -0.196. The van der Waals surface area contributed by atoms with Crippen molar-refractivity contribution < 1.29 is 4.79 Å².